The van der Waals surface area contributed by atoms with Crippen molar-refractivity contribution in [3.05, 3.63) is 51.4 Å². The van der Waals surface area contributed by atoms with E-state index >= 15 is 0 Å². The van der Waals surface area contributed by atoms with Gasteiger partial charge in [0.05, 0.1) is 4.90 Å². The van der Waals surface area contributed by atoms with E-state index in [1.54, 1.807) is 26.8 Å². The third-order valence-electron chi connectivity index (χ3n) is 4.77. The Balaban J connectivity index is 2.43. The van der Waals surface area contributed by atoms with Gasteiger partial charge >= 0.3 is 0 Å². The van der Waals surface area contributed by atoms with Crippen molar-refractivity contribution < 1.29 is 13.2 Å². The number of amides is 1. The molecule has 2 rings (SSSR count). The van der Waals surface area contributed by atoms with E-state index in [4.69, 9.17) is 0 Å². The molecule has 29 heavy (non-hydrogen) atoms. The monoisotopic (exact) mass is 420 g/mol. The highest BCUT2D eigenvalue weighted by atomic mass is 32.2. The molecule has 0 aliphatic heterocycles. The van der Waals surface area contributed by atoms with Gasteiger partial charge in [-0.3, -0.25) is 9.59 Å². The predicted octanol–water partition coefficient (Wildman–Crippen LogP) is 2.55. The number of aromatic nitrogens is 2. The quantitative estimate of drug-likeness (QED) is 0.707. The third kappa shape index (κ3) is 4.91. The van der Waals surface area contributed by atoms with Crippen molar-refractivity contribution in [3.8, 4) is 0 Å². The van der Waals surface area contributed by atoms with Crippen LogP contribution in [0.15, 0.2) is 34.0 Å². The third-order valence-corrected chi connectivity index (χ3v) is 6.79. The Bertz CT molecular complexity index is 1060. The van der Waals surface area contributed by atoms with Gasteiger partial charge in [0.25, 0.3) is 11.5 Å². The van der Waals surface area contributed by atoms with Crippen molar-refractivity contribution in [1.82, 2.24) is 14.1 Å². The van der Waals surface area contributed by atoms with Gasteiger partial charge in [0.15, 0.2) is 0 Å². The van der Waals surface area contributed by atoms with Gasteiger partial charge < -0.3 is 5.32 Å². The molecule has 2 aromatic rings. The summed E-state index contributed by atoms with van der Waals surface area (Å²) in [5.41, 5.74) is 1.72. The Morgan fingerprint density at radius 2 is 1.79 bits per heavy atom. The number of nitrogens with zero attached hydrogens (tertiary/aromatic N) is 3. The lowest BCUT2D eigenvalue weighted by molar-refractivity contribution is 0.101. The van der Waals surface area contributed by atoms with Crippen LogP contribution in [0.25, 0.3) is 0 Å². The van der Waals surface area contributed by atoms with Crippen LogP contribution in [0.4, 0.5) is 5.69 Å². The van der Waals surface area contributed by atoms with Gasteiger partial charge in [-0.2, -0.15) is 9.40 Å². The molecule has 0 saturated carbocycles. The van der Waals surface area contributed by atoms with Crippen LogP contribution in [0.5, 0.6) is 0 Å². The van der Waals surface area contributed by atoms with Crippen molar-refractivity contribution in [1.29, 1.82) is 0 Å². The fourth-order valence-electron chi connectivity index (χ4n) is 2.95. The largest absolute Gasteiger partial charge is 0.320 e. The van der Waals surface area contributed by atoms with E-state index in [1.165, 1.54) is 27.2 Å². The standard InChI is InChI=1S/C20H28N4O4S/c1-6-11-24-19(25)10-9-17(22-24)20(26)21-18-13-16(12-14(4)15(18)5)29(27,28)23(7-2)8-3/h9-10,12-13H,6-8,11H2,1-5H3,(H,21,26). The summed E-state index contributed by atoms with van der Waals surface area (Å²) in [7, 11) is -3.66. The first-order chi connectivity index (χ1) is 13.6. The molecule has 0 fully saturated rings. The van der Waals surface area contributed by atoms with E-state index in [0.29, 0.717) is 31.7 Å². The minimum Gasteiger partial charge on any atom is -0.320 e. The van der Waals surface area contributed by atoms with Crippen molar-refractivity contribution in [2.45, 2.75) is 52.5 Å². The molecule has 0 aliphatic rings. The number of rotatable bonds is 8. The van der Waals surface area contributed by atoms with E-state index in [0.717, 1.165) is 11.1 Å². The number of aryl methyl sites for hydroxylation is 2. The molecule has 1 amide bonds. The highest BCUT2D eigenvalue weighted by molar-refractivity contribution is 7.89. The second-order valence-electron chi connectivity index (χ2n) is 6.74. The van der Waals surface area contributed by atoms with Gasteiger partial charge in [-0.05, 0) is 49.6 Å². The Kier molecular flexibility index (Phi) is 7.32. The summed E-state index contributed by atoms with van der Waals surface area (Å²) in [6.45, 7) is 10.2. The molecule has 8 nitrogen and oxygen atoms in total. The molecular weight excluding hydrogens is 392 g/mol. The normalized spacial score (nSPS) is 11.7. The number of anilines is 1. The Hall–Kier alpha value is -2.52. The van der Waals surface area contributed by atoms with Crippen molar-refractivity contribution in [2.24, 2.45) is 0 Å². The molecule has 0 aliphatic carbocycles. The van der Waals surface area contributed by atoms with Crippen molar-refractivity contribution in [3.63, 3.8) is 0 Å². The first kappa shape index (κ1) is 22.8. The fourth-order valence-corrected chi connectivity index (χ4v) is 4.52. The van der Waals surface area contributed by atoms with Crippen LogP contribution in [0.1, 0.15) is 48.8 Å². The topological polar surface area (TPSA) is 101 Å². The minimum absolute atomic E-state index is 0.0899. The lowest BCUT2D eigenvalue weighted by Crippen LogP contribution is -2.31. The van der Waals surface area contributed by atoms with Crippen LogP contribution in [0, 0.1) is 13.8 Å². The van der Waals surface area contributed by atoms with Crippen molar-refractivity contribution in [2.75, 3.05) is 18.4 Å². The number of carbonyl (C=O) groups excluding carboxylic acids is 1. The smallest absolute Gasteiger partial charge is 0.276 e. The molecule has 1 heterocycles. The molecule has 1 aromatic carbocycles. The number of hydrogen-bond donors (Lipinski definition) is 1. The Morgan fingerprint density at radius 1 is 1.14 bits per heavy atom. The summed E-state index contributed by atoms with van der Waals surface area (Å²) in [6.07, 6.45) is 0.710. The van der Waals surface area contributed by atoms with Gasteiger partial charge in [-0.15, -0.1) is 0 Å². The van der Waals surface area contributed by atoms with Crippen molar-refractivity contribution >= 4 is 21.6 Å². The molecule has 158 valence electrons. The lowest BCUT2D eigenvalue weighted by atomic mass is 10.1. The minimum atomic E-state index is -3.66. The number of hydrogen-bond acceptors (Lipinski definition) is 5. The van der Waals surface area contributed by atoms with Crippen LogP contribution in [0.2, 0.25) is 0 Å². The summed E-state index contributed by atoms with van der Waals surface area (Å²) in [4.78, 5) is 24.6. The maximum Gasteiger partial charge on any atom is 0.276 e. The molecule has 0 radical (unpaired) electrons. The van der Waals surface area contributed by atoms with Gasteiger partial charge in [-0.25, -0.2) is 13.1 Å². The maximum atomic E-state index is 12.9. The van der Waals surface area contributed by atoms with Crippen LogP contribution in [-0.2, 0) is 16.6 Å². The van der Waals surface area contributed by atoms with E-state index in [2.05, 4.69) is 10.4 Å². The SMILES string of the molecule is CCCn1nc(C(=O)Nc2cc(S(=O)(=O)N(CC)CC)cc(C)c2C)ccc1=O. The fraction of sp³-hybridized carbons (Fsp3) is 0.450. The molecule has 1 N–H and O–H groups in total. The second kappa shape index (κ2) is 9.32. The second-order valence-corrected chi connectivity index (χ2v) is 8.67. The zero-order valence-corrected chi connectivity index (χ0v) is 18.3. The van der Waals surface area contributed by atoms with Crippen LogP contribution in [0.3, 0.4) is 0 Å². The summed E-state index contributed by atoms with van der Waals surface area (Å²) < 4.78 is 28.4. The average Bonchev–Trinajstić information content (AvgIpc) is 2.67. The molecule has 0 unspecified atom stereocenters. The molecule has 0 spiro atoms. The number of benzene rings is 1. The molecular formula is C20H28N4O4S. The van der Waals surface area contributed by atoms with Gasteiger partial charge in [-0.1, -0.05) is 20.8 Å². The van der Waals surface area contributed by atoms with E-state index in [9.17, 15) is 18.0 Å². The molecule has 0 atom stereocenters. The van der Waals surface area contributed by atoms with Crippen LogP contribution >= 0.6 is 0 Å². The highest BCUT2D eigenvalue weighted by Gasteiger charge is 2.24. The number of carbonyl (C=O) groups is 1. The zero-order chi connectivity index (χ0) is 21.8. The van der Waals surface area contributed by atoms with E-state index in [1.807, 2.05) is 13.8 Å². The summed E-state index contributed by atoms with van der Waals surface area (Å²) in [5, 5.41) is 6.85. The van der Waals surface area contributed by atoms with E-state index < -0.39 is 15.9 Å². The highest BCUT2D eigenvalue weighted by Crippen LogP contribution is 2.26. The molecule has 0 bridgehead atoms. The number of nitrogens with one attached hydrogen (secondary N) is 1. The Morgan fingerprint density at radius 3 is 2.38 bits per heavy atom. The van der Waals surface area contributed by atoms with Gasteiger partial charge in [0.1, 0.15) is 5.69 Å². The first-order valence-electron chi connectivity index (χ1n) is 9.66. The molecule has 9 heteroatoms. The Labute approximate surface area is 171 Å². The summed E-state index contributed by atoms with van der Waals surface area (Å²) >= 11 is 0. The molecule has 0 saturated heterocycles. The van der Waals surface area contributed by atoms with Gasteiger partial charge in [0.2, 0.25) is 10.0 Å². The first-order valence-corrected chi connectivity index (χ1v) is 11.1. The van der Waals surface area contributed by atoms with Crippen LogP contribution in [-0.4, -0.2) is 41.5 Å². The number of sulfonamides is 1. The average molecular weight is 421 g/mol. The van der Waals surface area contributed by atoms with E-state index in [-0.39, 0.29) is 16.1 Å². The lowest BCUT2D eigenvalue weighted by Gasteiger charge is -2.20. The molecule has 1 aromatic heterocycles. The summed E-state index contributed by atoms with van der Waals surface area (Å²) in [6, 6.07) is 5.74. The van der Waals surface area contributed by atoms with Gasteiger partial charge in [0, 0.05) is 31.4 Å². The summed E-state index contributed by atoms with van der Waals surface area (Å²) in [5.74, 6) is -0.505. The zero-order valence-electron chi connectivity index (χ0n) is 17.5. The predicted molar refractivity (Wildman–Crippen MR) is 113 cm³/mol. The maximum absolute atomic E-state index is 12.9. The van der Waals surface area contributed by atoms with Crippen LogP contribution < -0.4 is 10.9 Å².